The minimum atomic E-state index is -0.434. The first-order valence-electron chi connectivity index (χ1n) is 9.47. The van der Waals surface area contributed by atoms with Crippen LogP contribution in [0.1, 0.15) is 27.2 Å². The molecule has 7 heteroatoms. The van der Waals surface area contributed by atoms with Crippen LogP contribution < -0.4 is 5.32 Å². The number of rotatable bonds is 4. The summed E-state index contributed by atoms with van der Waals surface area (Å²) in [6.07, 6.45) is 3.05. The molecule has 1 aromatic heterocycles. The number of anilines is 1. The number of aryl methyl sites for hydroxylation is 3. The van der Waals surface area contributed by atoms with Gasteiger partial charge < -0.3 is 19.5 Å². The van der Waals surface area contributed by atoms with Crippen molar-refractivity contribution in [2.75, 3.05) is 31.5 Å². The SMILES string of the molecule is Cc1cc(C)c(NC(=O)/C(C#N)=C\N2CCN(C(=O)c3ccco3)CC2)c(C)c1. The summed E-state index contributed by atoms with van der Waals surface area (Å²) >= 11 is 0. The monoisotopic (exact) mass is 392 g/mol. The van der Waals surface area contributed by atoms with Crippen LogP contribution in [0.2, 0.25) is 0 Å². The van der Waals surface area contributed by atoms with Crippen molar-refractivity contribution in [3.05, 3.63) is 64.8 Å². The Bertz CT molecular complexity index is 955. The molecule has 3 rings (SSSR count). The van der Waals surface area contributed by atoms with E-state index >= 15 is 0 Å². The lowest BCUT2D eigenvalue weighted by Gasteiger charge is -2.33. The third kappa shape index (κ3) is 4.66. The number of hydrogen-bond acceptors (Lipinski definition) is 5. The van der Waals surface area contributed by atoms with Gasteiger partial charge in [0.05, 0.1) is 6.26 Å². The molecule has 0 aliphatic carbocycles. The number of piperazine rings is 1. The Morgan fingerprint density at radius 2 is 1.79 bits per heavy atom. The van der Waals surface area contributed by atoms with Crippen molar-refractivity contribution >= 4 is 17.5 Å². The molecule has 0 saturated carbocycles. The highest BCUT2D eigenvalue weighted by molar-refractivity contribution is 6.07. The van der Waals surface area contributed by atoms with Gasteiger partial charge in [-0.3, -0.25) is 9.59 Å². The van der Waals surface area contributed by atoms with Gasteiger partial charge in [0.2, 0.25) is 0 Å². The lowest BCUT2D eigenvalue weighted by molar-refractivity contribution is -0.112. The molecule has 7 nitrogen and oxygen atoms in total. The minimum Gasteiger partial charge on any atom is -0.459 e. The van der Waals surface area contributed by atoms with E-state index in [2.05, 4.69) is 5.32 Å². The van der Waals surface area contributed by atoms with Gasteiger partial charge in [-0.15, -0.1) is 0 Å². The van der Waals surface area contributed by atoms with Gasteiger partial charge >= 0.3 is 0 Å². The smallest absolute Gasteiger partial charge is 0.289 e. The average Bonchev–Trinajstić information content (AvgIpc) is 3.23. The first-order chi connectivity index (χ1) is 13.9. The van der Waals surface area contributed by atoms with Crippen molar-refractivity contribution in [1.29, 1.82) is 5.26 Å². The number of carbonyl (C=O) groups excluding carboxylic acids is 2. The van der Waals surface area contributed by atoms with Crippen molar-refractivity contribution in [3.63, 3.8) is 0 Å². The highest BCUT2D eigenvalue weighted by Gasteiger charge is 2.23. The van der Waals surface area contributed by atoms with E-state index in [1.165, 1.54) is 6.26 Å². The first kappa shape index (κ1) is 20.2. The predicted octanol–water partition coefficient (Wildman–Crippen LogP) is 3.01. The predicted molar refractivity (Wildman–Crippen MR) is 109 cm³/mol. The molecule has 1 aliphatic heterocycles. The molecular formula is C22H24N4O3. The number of nitrogens with zero attached hydrogens (tertiary/aromatic N) is 3. The van der Waals surface area contributed by atoms with Crippen LogP contribution in [0.4, 0.5) is 5.69 Å². The summed E-state index contributed by atoms with van der Waals surface area (Å²) in [4.78, 5) is 28.5. The summed E-state index contributed by atoms with van der Waals surface area (Å²) in [5.74, 6) is -0.270. The molecule has 0 spiro atoms. The standard InChI is InChI=1S/C22H24N4O3/c1-15-11-16(2)20(17(3)12-15)24-21(27)18(13-23)14-25-6-8-26(9-7-25)22(28)19-5-4-10-29-19/h4-5,10-12,14H,6-9H2,1-3H3,(H,24,27)/b18-14-. The van der Waals surface area contributed by atoms with Gasteiger partial charge in [-0.05, 0) is 44.0 Å². The van der Waals surface area contributed by atoms with E-state index in [0.717, 1.165) is 22.4 Å². The maximum atomic E-state index is 12.6. The summed E-state index contributed by atoms with van der Waals surface area (Å²) in [5.41, 5.74) is 3.80. The van der Waals surface area contributed by atoms with Gasteiger partial charge in [-0.1, -0.05) is 17.7 Å². The van der Waals surface area contributed by atoms with Crippen molar-refractivity contribution in [2.45, 2.75) is 20.8 Å². The van der Waals surface area contributed by atoms with Crippen LogP contribution in [0, 0.1) is 32.1 Å². The van der Waals surface area contributed by atoms with Crippen LogP contribution in [-0.4, -0.2) is 47.8 Å². The van der Waals surface area contributed by atoms with Gasteiger partial charge in [0.1, 0.15) is 11.6 Å². The van der Waals surface area contributed by atoms with Crippen molar-refractivity contribution < 1.29 is 14.0 Å². The number of nitrogens with one attached hydrogen (secondary N) is 1. The van der Waals surface area contributed by atoms with Crippen LogP contribution in [0.5, 0.6) is 0 Å². The van der Waals surface area contributed by atoms with E-state index in [-0.39, 0.29) is 11.5 Å². The lowest BCUT2D eigenvalue weighted by atomic mass is 10.0. The zero-order chi connectivity index (χ0) is 21.0. The maximum absolute atomic E-state index is 12.6. The second kappa shape index (κ2) is 8.65. The van der Waals surface area contributed by atoms with Gasteiger partial charge in [-0.25, -0.2) is 0 Å². The van der Waals surface area contributed by atoms with E-state index < -0.39 is 5.91 Å². The summed E-state index contributed by atoms with van der Waals surface area (Å²) in [6.45, 7) is 7.92. The Kier molecular flexibility index (Phi) is 6.03. The molecule has 2 heterocycles. The molecule has 0 radical (unpaired) electrons. The first-order valence-corrected chi connectivity index (χ1v) is 9.47. The van der Waals surface area contributed by atoms with E-state index in [1.807, 2.05) is 43.9 Å². The average molecular weight is 392 g/mol. The molecule has 0 bridgehead atoms. The largest absolute Gasteiger partial charge is 0.459 e. The fourth-order valence-electron chi connectivity index (χ4n) is 3.49. The van der Waals surface area contributed by atoms with E-state index in [0.29, 0.717) is 31.9 Å². The zero-order valence-corrected chi connectivity index (χ0v) is 16.9. The minimum absolute atomic E-state index is 0.0372. The third-order valence-electron chi connectivity index (χ3n) is 4.93. The Balaban J connectivity index is 1.64. The molecule has 29 heavy (non-hydrogen) atoms. The van der Waals surface area contributed by atoms with Gasteiger partial charge in [-0.2, -0.15) is 5.26 Å². The third-order valence-corrected chi connectivity index (χ3v) is 4.93. The van der Waals surface area contributed by atoms with Gasteiger partial charge in [0.25, 0.3) is 11.8 Å². The van der Waals surface area contributed by atoms with Crippen LogP contribution in [0.3, 0.4) is 0 Å². The molecule has 150 valence electrons. The number of benzene rings is 1. The number of hydrogen-bond donors (Lipinski definition) is 1. The Hall–Kier alpha value is -3.53. The van der Waals surface area contributed by atoms with Crippen molar-refractivity contribution in [1.82, 2.24) is 9.80 Å². The highest BCUT2D eigenvalue weighted by atomic mass is 16.3. The molecule has 1 aliphatic rings. The molecule has 1 aromatic carbocycles. The maximum Gasteiger partial charge on any atom is 0.289 e. The molecule has 0 atom stereocenters. The van der Waals surface area contributed by atoms with Gasteiger partial charge in [0, 0.05) is 38.1 Å². The molecule has 1 N–H and O–H groups in total. The normalized spacial score (nSPS) is 14.5. The molecule has 2 amide bonds. The number of carbonyl (C=O) groups is 2. The lowest BCUT2D eigenvalue weighted by Crippen LogP contribution is -2.47. The molecule has 0 unspecified atom stereocenters. The fraction of sp³-hybridized carbons (Fsp3) is 0.318. The highest BCUT2D eigenvalue weighted by Crippen LogP contribution is 2.22. The fourth-order valence-corrected chi connectivity index (χ4v) is 3.49. The zero-order valence-electron chi connectivity index (χ0n) is 16.9. The van der Waals surface area contributed by atoms with E-state index in [1.54, 1.807) is 23.2 Å². The van der Waals surface area contributed by atoms with Crippen LogP contribution in [0.25, 0.3) is 0 Å². The Morgan fingerprint density at radius 1 is 1.14 bits per heavy atom. The Morgan fingerprint density at radius 3 is 2.34 bits per heavy atom. The Labute approximate surface area is 170 Å². The van der Waals surface area contributed by atoms with Crippen LogP contribution >= 0.6 is 0 Å². The second-order valence-corrected chi connectivity index (χ2v) is 7.19. The molecule has 1 fully saturated rings. The number of nitriles is 1. The van der Waals surface area contributed by atoms with Gasteiger partial charge in [0.15, 0.2) is 5.76 Å². The molecule has 2 aromatic rings. The topological polar surface area (TPSA) is 89.6 Å². The quantitative estimate of drug-likeness (QED) is 0.638. The summed E-state index contributed by atoms with van der Waals surface area (Å²) in [5, 5.41) is 12.3. The van der Waals surface area contributed by atoms with E-state index in [9.17, 15) is 14.9 Å². The summed E-state index contributed by atoms with van der Waals surface area (Å²) in [6, 6.07) is 9.30. The van der Waals surface area contributed by atoms with Crippen LogP contribution in [-0.2, 0) is 4.79 Å². The summed E-state index contributed by atoms with van der Waals surface area (Å²) in [7, 11) is 0. The van der Waals surface area contributed by atoms with Crippen molar-refractivity contribution in [3.8, 4) is 6.07 Å². The molecular weight excluding hydrogens is 368 g/mol. The number of furan rings is 1. The molecule has 1 saturated heterocycles. The second-order valence-electron chi connectivity index (χ2n) is 7.19. The van der Waals surface area contributed by atoms with Crippen LogP contribution in [0.15, 0.2) is 46.7 Å². The number of amides is 2. The van der Waals surface area contributed by atoms with Crippen molar-refractivity contribution in [2.24, 2.45) is 0 Å². The summed E-state index contributed by atoms with van der Waals surface area (Å²) < 4.78 is 5.16. The van der Waals surface area contributed by atoms with E-state index in [4.69, 9.17) is 4.42 Å².